The van der Waals surface area contributed by atoms with E-state index in [1.54, 1.807) is 0 Å². The van der Waals surface area contributed by atoms with Crippen LogP contribution in [0.5, 0.6) is 0 Å². The second kappa shape index (κ2) is 11.1. The lowest BCUT2D eigenvalue weighted by atomic mass is 9.98. The lowest BCUT2D eigenvalue weighted by molar-refractivity contribution is 0.0951. The highest BCUT2D eigenvalue weighted by Gasteiger charge is 2.17. The summed E-state index contributed by atoms with van der Waals surface area (Å²) in [5.74, 6) is 1.64. The minimum absolute atomic E-state index is 0.00133. The second-order valence-corrected chi connectivity index (χ2v) is 10.1. The monoisotopic (exact) mass is 433 g/mol. The van der Waals surface area contributed by atoms with Crippen LogP contribution in [0.15, 0.2) is 48.5 Å². The van der Waals surface area contributed by atoms with Crippen molar-refractivity contribution in [1.82, 2.24) is 15.1 Å². The third-order valence-electron chi connectivity index (χ3n) is 7.09. The van der Waals surface area contributed by atoms with Gasteiger partial charge in [-0.3, -0.25) is 14.6 Å². The lowest BCUT2D eigenvalue weighted by Gasteiger charge is -2.30. The molecule has 4 nitrogen and oxygen atoms in total. The minimum Gasteiger partial charge on any atom is -0.348 e. The first-order valence-electron chi connectivity index (χ1n) is 12.4. The Hall–Kier alpha value is -2.17. The lowest BCUT2D eigenvalue weighted by Crippen LogP contribution is -2.33. The van der Waals surface area contributed by atoms with Crippen LogP contribution in [0.1, 0.15) is 66.6 Å². The third-order valence-corrected chi connectivity index (χ3v) is 7.09. The number of benzene rings is 2. The van der Waals surface area contributed by atoms with Crippen LogP contribution >= 0.6 is 0 Å². The van der Waals surface area contributed by atoms with Gasteiger partial charge in [0.1, 0.15) is 0 Å². The molecule has 0 aliphatic carbocycles. The van der Waals surface area contributed by atoms with E-state index in [1.807, 2.05) is 12.1 Å². The first-order valence-corrected chi connectivity index (χ1v) is 12.4. The number of likely N-dealkylation sites (tertiary alicyclic amines) is 2. The van der Waals surface area contributed by atoms with E-state index >= 15 is 0 Å². The van der Waals surface area contributed by atoms with Crippen molar-refractivity contribution < 1.29 is 4.79 Å². The van der Waals surface area contributed by atoms with Gasteiger partial charge in [0.15, 0.2) is 0 Å². The number of nitrogens with zero attached hydrogens (tertiary/aromatic N) is 2. The van der Waals surface area contributed by atoms with E-state index < -0.39 is 0 Å². The van der Waals surface area contributed by atoms with Crippen molar-refractivity contribution in [2.24, 2.45) is 11.8 Å². The maximum absolute atomic E-state index is 12.7. The van der Waals surface area contributed by atoms with Crippen LogP contribution in [0.25, 0.3) is 0 Å². The second-order valence-electron chi connectivity index (χ2n) is 10.1. The van der Waals surface area contributed by atoms with Crippen LogP contribution in [0, 0.1) is 11.8 Å². The molecule has 0 radical (unpaired) electrons. The van der Waals surface area contributed by atoms with Crippen LogP contribution in [0.2, 0.25) is 0 Å². The Morgan fingerprint density at radius 1 is 0.844 bits per heavy atom. The van der Waals surface area contributed by atoms with E-state index in [0.717, 1.165) is 36.1 Å². The zero-order valence-electron chi connectivity index (χ0n) is 19.9. The minimum atomic E-state index is -0.00133. The predicted octanol–water partition coefficient (Wildman–Crippen LogP) is 5.08. The Morgan fingerprint density at radius 2 is 1.56 bits per heavy atom. The third kappa shape index (κ3) is 6.66. The van der Waals surface area contributed by atoms with Crippen molar-refractivity contribution in [3.8, 4) is 0 Å². The fraction of sp³-hybridized carbons (Fsp3) is 0.536. The summed E-state index contributed by atoms with van der Waals surface area (Å²) in [5, 5.41) is 3.10. The highest BCUT2D eigenvalue weighted by Crippen LogP contribution is 2.19. The van der Waals surface area contributed by atoms with Crippen LogP contribution in [0.3, 0.4) is 0 Å². The number of carbonyl (C=O) groups is 1. The van der Waals surface area contributed by atoms with Crippen molar-refractivity contribution in [3.05, 3.63) is 70.8 Å². The molecule has 2 aliphatic heterocycles. The number of hydrogen-bond acceptors (Lipinski definition) is 3. The molecule has 32 heavy (non-hydrogen) atoms. The van der Waals surface area contributed by atoms with Crippen LogP contribution in [0.4, 0.5) is 0 Å². The van der Waals surface area contributed by atoms with Gasteiger partial charge in [0, 0.05) is 31.7 Å². The topological polar surface area (TPSA) is 35.6 Å². The molecule has 1 atom stereocenters. The number of hydrogen-bond donors (Lipinski definition) is 1. The highest BCUT2D eigenvalue weighted by molar-refractivity contribution is 5.94. The van der Waals surface area contributed by atoms with Gasteiger partial charge in [-0.05, 0) is 86.0 Å². The van der Waals surface area contributed by atoms with E-state index in [-0.39, 0.29) is 5.91 Å². The van der Waals surface area contributed by atoms with Gasteiger partial charge < -0.3 is 5.32 Å². The van der Waals surface area contributed by atoms with Crippen LogP contribution < -0.4 is 5.32 Å². The first kappa shape index (κ1) is 23.0. The van der Waals surface area contributed by atoms with Gasteiger partial charge in [-0.2, -0.15) is 0 Å². The molecule has 2 aromatic carbocycles. The Morgan fingerprint density at radius 3 is 2.31 bits per heavy atom. The number of piperidine rings is 2. The molecule has 0 spiro atoms. The van der Waals surface area contributed by atoms with Gasteiger partial charge in [0.2, 0.25) is 0 Å². The van der Waals surface area contributed by atoms with Crippen molar-refractivity contribution in [3.63, 3.8) is 0 Å². The SMILES string of the molecule is CC1CCN(Cc2cccc(CNC(=O)c3ccc(CN4CCCC(C)C4)cc3)c2)CC1. The zero-order chi connectivity index (χ0) is 22.3. The molecule has 0 bridgehead atoms. The quantitative estimate of drug-likeness (QED) is 0.661. The molecule has 2 heterocycles. The molecule has 4 rings (SSSR count). The summed E-state index contributed by atoms with van der Waals surface area (Å²) in [6.45, 7) is 12.0. The Bertz CT molecular complexity index is 871. The normalized spacial score (nSPS) is 20.9. The zero-order valence-corrected chi connectivity index (χ0v) is 19.9. The molecule has 1 amide bonds. The van der Waals surface area contributed by atoms with E-state index in [9.17, 15) is 4.79 Å². The first-order chi connectivity index (χ1) is 15.5. The summed E-state index contributed by atoms with van der Waals surface area (Å²) in [7, 11) is 0. The Kier molecular flexibility index (Phi) is 7.99. The maximum Gasteiger partial charge on any atom is 0.251 e. The van der Waals surface area contributed by atoms with Crippen LogP contribution in [-0.2, 0) is 19.6 Å². The predicted molar refractivity (Wildman–Crippen MR) is 131 cm³/mol. The van der Waals surface area contributed by atoms with Gasteiger partial charge in [0.25, 0.3) is 5.91 Å². The van der Waals surface area contributed by atoms with Gasteiger partial charge >= 0.3 is 0 Å². The molecule has 0 saturated carbocycles. The Labute approximate surface area is 194 Å². The summed E-state index contributed by atoms with van der Waals surface area (Å²) in [6.07, 6.45) is 5.23. The average molecular weight is 434 g/mol. The van der Waals surface area contributed by atoms with E-state index in [0.29, 0.717) is 6.54 Å². The van der Waals surface area contributed by atoms with Gasteiger partial charge in [-0.25, -0.2) is 0 Å². The molecule has 2 saturated heterocycles. The fourth-order valence-electron chi connectivity index (χ4n) is 5.05. The molecular weight excluding hydrogens is 394 g/mol. The molecule has 2 aliphatic rings. The largest absolute Gasteiger partial charge is 0.348 e. The summed E-state index contributed by atoms with van der Waals surface area (Å²) >= 11 is 0. The molecule has 1 unspecified atom stereocenters. The summed E-state index contributed by atoms with van der Waals surface area (Å²) in [4.78, 5) is 17.7. The average Bonchev–Trinajstić information content (AvgIpc) is 2.80. The number of amides is 1. The Balaban J connectivity index is 1.26. The van der Waals surface area contributed by atoms with Gasteiger partial charge in [0.05, 0.1) is 0 Å². The van der Waals surface area contributed by atoms with Gasteiger partial charge in [-0.1, -0.05) is 50.2 Å². The van der Waals surface area contributed by atoms with Gasteiger partial charge in [-0.15, -0.1) is 0 Å². The van der Waals surface area contributed by atoms with E-state index in [1.165, 1.54) is 63.0 Å². The summed E-state index contributed by atoms with van der Waals surface area (Å²) in [5.41, 5.74) is 4.52. The van der Waals surface area contributed by atoms with Crippen molar-refractivity contribution >= 4 is 5.91 Å². The maximum atomic E-state index is 12.7. The highest BCUT2D eigenvalue weighted by atomic mass is 16.1. The molecule has 1 N–H and O–H groups in total. The molecule has 0 aromatic heterocycles. The molecule has 172 valence electrons. The summed E-state index contributed by atoms with van der Waals surface area (Å²) in [6, 6.07) is 16.8. The van der Waals surface area contributed by atoms with Crippen LogP contribution in [-0.4, -0.2) is 41.9 Å². The molecule has 4 heteroatoms. The number of carbonyl (C=O) groups excluding carboxylic acids is 1. The smallest absolute Gasteiger partial charge is 0.251 e. The molecule has 2 fully saturated rings. The van der Waals surface area contributed by atoms with Crippen molar-refractivity contribution in [2.75, 3.05) is 26.2 Å². The summed E-state index contributed by atoms with van der Waals surface area (Å²) < 4.78 is 0. The standard InChI is InChI=1S/C28H39N3O/c1-22-12-15-30(16-13-22)21-26-7-3-6-25(17-26)18-29-28(32)27-10-8-24(9-11-27)20-31-14-4-5-23(2)19-31/h3,6-11,17,22-23H,4-5,12-16,18-21H2,1-2H3,(H,29,32). The molecule has 2 aromatic rings. The number of nitrogens with one attached hydrogen (secondary N) is 1. The fourth-order valence-corrected chi connectivity index (χ4v) is 5.05. The van der Waals surface area contributed by atoms with E-state index in [2.05, 4.69) is 65.4 Å². The van der Waals surface area contributed by atoms with E-state index in [4.69, 9.17) is 0 Å². The van der Waals surface area contributed by atoms with Crippen molar-refractivity contribution in [1.29, 1.82) is 0 Å². The van der Waals surface area contributed by atoms with Crippen molar-refractivity contribution in [2.45, 2.75) is 59.2 Å². The number of rotatable bonds is 7. The molecular formula is C28H39N3O.